The zero-order chi connectivity index (χ0) is 19.5. The van der Waals surface area contributed by atoms with E-state index in [2.05, 4.69) is 17.0 Å². The molecule has 0 unspecified atom stereocenters. The van der Waals surface area contributed by atoms with Crippen LogP contribution >= 0.6 is 11.8 Å². The molecular weight excluding hydrogens is 366 g/mol. The fourth-order valence-electron chi connectivity index (χ4n) is 3.00. The molecule has 28 heavy (non-hydrogen) atoms. The lowest BCUT2D eigenvalue weighted by Crippen LogP contribution is -2.10. The van der Waals surface area contributed by atoms with Crippen molar-refractivity contribution in [1.82, 2.24) is 0 Å². The van der Waals surface area contributed by atoms with Gasteiger partial charge in [-0.05, 0) is 24.3 Å². The number of allylic oxidation sites excluding steroid dienone is 5. The van der Waals surface area contributed by atoms with Crippen LogP contribution in [0.1, 0.15) is 5.56 Å². The van der Waals surface area contributed by atoms with Crippen molar-refractivity contribution in [3.05, 3.63) is 100 Å². The fourth-order valence-corrected chi connectivity index (χ4v) is 4.10. The lowest BCUT2D eigenvalue weighted by Gasteiger charge is -2.19. The molecule has 2 aromatic rings. The largest absolute Gasteiger partial charge is 0.457 e. The summed E-state index contributed by atoms with van der Waals surface area (Å²) in [4.78, 5) is 3.28. The van der Waals surface area contributed by atoms with Crippen molar-refractivity contribution in [3.8, 4) is 12.1 Å². The second-order valence-corrected chi connectivity index (χ2v) is 7.25. The minimum absolute atomic E-state index is 0.0587. The van der Waals surface area contributed by atoms with Crippen LogP contribution in [0, 0.1) is 22.7 Å². The summed E-state index contributed by atoms with van der Waals surface area (Å²) in [7, 11) is 2.01. The number of ether oxygens (including phenoxy) is 1. The van der Waals surface area contributed by atoms with E-state index in [-0.39, 0.29) is 5.57 Å². The third-order valence-electron chi connectivity index (χ3n) is 4.42. The van der Waals surface area contributed by atoms with E-state index in [1.165, 1.54) is 4.90 Å². The highest BCUT2D eigenvalue weighted by atomic mass is 32.2. The van der Waals surface area contributed by atoms with E-state index in [0.717, 1.165) is 16.3 Å². The number of nitrogens with zero attached hydrogens (tertiary/aromatic N) is 3. The fraction of sp³-hybridized carbons (Fsp3) is 0.0435. The topological polar surface area (TPSA) is 60.0 Å². The summed E-state index contributed by atoms with van der Waals surface area (Å²) in [6, 6.07) is 21.8. The van der Waals surface area contributed by atoms with Crippen LogP contribution in [0.3, 0.4) is 0 Å². The van der Waals surface area contributed by atoms with Gasteiger partial charge in [0.05, 0.1) is 10.7 Å². The van der Waals surface area contributed by atoms with Gasteiger partial charge in [0.2, 0.25) is 0 Å². The molecule has 0 fully saturated rings. The van der Waals surface area contributed by atoms with Gasteiger partial charge in [0, 0.05) is 29.2 Å². The molecule has 4 rings (SSSR count). The van der Waals surface area contributed by atoms with Gasteiger partial charge in [-0.2, -0.15) is 10.5 Å². The highest BCUT2D eigenvalue weighted by Crippen LogP contribution is 2.45. The molecule has 2 heterocycles. The highest BCUT2D eigenvalue weighted by molar-refractivity contribution is 8.03. The minimum atomic E-state index is 0.0587. The van der Waals surface area contributed by atoms with Crippen LogP contribution in [0.4, 0.5) is 5.69 Å². The standard InChI is InChI=1S/C23H15N3OS/c1-26-20-9-5-6-10-22(20)28-23(26)13-19-11-17(18(14-24)15-25)12-21(27-19)16-7-3-2-4-8-16/h2-13H,1H3/b23-13-. The van der Waals surface area contributed by atoms with Crippen molar-refractivity contribution >= 4 is 23.2 Å². The Balaban J connectivity index is 1.75. The van der Waals surface area contributed by atoms with Gasteiger partial charge in [0.25, 0.3) is 0 Å². The first-order chi connectivity index (χ1) is 13.7. The number of thioether (sulfide) groups is 1. The van der Waals surface area contributed by atoms with Crippen molar-refractivity contribution in [3.63, 3.8) is 0 Å². The van der Waals surface area contributed by atoms with Crippen molar-refractivity contribution < 1.29 is 4.74 Å². The molecule has 0 aliphatic carbocycles. The lowest BCUT2D eigenvalue weighted by molar-refractivity contribution is 0.396. The van der Waals surface area contributed by atoms with Crippen LogP contribution < -0.4 is 4.90 Å². The molecule has 0 radical (unpaired) electrons. The Kier molecular flexibility index (Phi) is 4.76. The number of benzene rings is 2. The van der Waals surface area contributed by atoms with Gasteiger partial charge in [0.15, 0.2) is 0 Å². The number of fused-ring (bicyclic) bond motifs is 1. The maximum Gasteiger partial charge on any atom is 0.137 e. The van der Waals surface area contributed by atoms with E-state index in [1.54, 1.807) is 23.9 Å². The summed E-state index contributed by atoms with van der Waals surface area (Å²) in [5.41, 5.74) is 2.63. The number of nitriles is 2. The molecule has 2 aliphatic rings. The van der Waals surface area contributed by atoms with Crippen LogP contribution in [0.5, 0.6) is 0 Å². The summed E-state index contributed by atoms with van der Waals surface area (Å²) >= 11 is 1.66. The zero-order valence-corrected chi connectivity index (χ0v) is 15.9. The van der Waals surface area contributed by atoms with Gasteiger partial charge >= 0.3 is 0 Å². The first-order valence-corrected chi connectivity index (χ1v) is 9.44. The van der Waals surface area contributed by atoms with Crippen LogP contribution in [0.2, 0.25) is 0 Å². The molecule has 0 N–H and O–H groups in total. The van der Waals surface area contributed by atoms with Crippen LogP contribution in [0.25, 0.3) is 5.76 Å². The molecule has 0 amide bonds. The second kappa shape index (κ2) is 7.52. The van der Waals surface area contributed by atoms with E-state index in [9.17, 15) is 10.5 Å². The Hall–Kier alpha value is -3.67. The molecular formula is C23H15N3OS. The first-order valence-electron chi connectivity index (χ1n) is 8.63. The normalized spacial score (nSPS) is 16.5. The monoisotopic (exact) mass is 381 g/mol. The zero-order valence-electron chi connectivity index (χ0n) is 15.1. The van der Waals surface area contributed by atoms with E-state index in [0.29, 0.717) is 17.1 Å². The van der Waals surface area contributed by atoms with Crippen LogP contribution in [-0.2, 0) is 4.74 Å². The Labute approximate surface area is 168 Å². The van der Waals surface area contributed by atoms with Crippen molar-refractivity contribution in [2.45, 2.75) is 4.90 Å². The molecule has 0 bridgehead atoms. The number of hydrogen-bond acceptors (Lipinski definition) is 5. The average molecular weight is 381 g/mol. The van der Waals surface area contributed by atoms with Crippen molar-refractivity contribution in [2.75, 3.05) is 11.9 Å². The van der Waals surface area contributed by atoms with Gasteiger partial charge in [-0.1, -0.05) is 54.2 Å². The summed E-state index contributed by atoms with van der Waals surface area (Å²) in [6.45, 7) is 0. The molecule has 0 saturated carbocycles. The summed E-state index contributed by atoms with van der Waals surface area (Å²) < 4.78 is 6.10. The van der Waals surface area contributed by atoms with E-state index in [1.807, 2.05) is 67.7 Å². The Bertz CT molecular complexity index is 1130. The predicted molar refractivity (Wildman–Crippen MR) is 111 cm³/mol. The number of anilines is 1. The Morgan fingerprint density at radius 3 is 2.43 bits per heavy atom. The summed E-state index contributed by atoms with van der Waals surface area (Å²) in [6.07, 6.45) is 5.41. The molecule has 0 aromatic heterocycles. The number of para-hydroxylation sites is 1. The van der Waals surface area contributed by atoms with Crippen LogP contribution in [0.15, 0.2) is 99.7 Å². The maximum absolute atomic E-state index is 9.31. The van der Waals surface area contributed by atoms with Gasteiger partial charge in [0.1, 0.15) is 29.2 Å². The SMILES string of the molecule is CN1/C(=C/C2=CC(=C(C#N)C#N)C=C(c3ccccc3)O2)Sc2ccccc21. The number of hydrogen-bond donors (Lipinski definition) is 0. The Morgan fingerprint density at radius 2 is 1.71 bits per heavy atom. The minimum Gasteiger partial charge on any atom is -0.457 e. The number of rotatable bonds is 2. The quantitative estimate of drug-likeness (QED) is 0.655. The molecule has 0 spiro atoms. The first kappa shape index (κ1) is 17.7. The summed E-state index contributed by atoms with van der Waals surface area (Å²) in [5.74, 6) is 1.19. The van der Waals surface area contributed by atoms with Crippen LogP contribution in [-0.4, -0.2) is 7.05 Å². The molecule has 4 nitrogen and oxygen atoms in total. The average Bonchev–Trinajstić information content (AvgIpc) is 3.05. The lowest BCUT2D eigenvalue weighted by atomic mass is 10.0. The van der Waals surface area contributed by atoms with E-state index < -0.39 is 0 Å². The predicted octanol–water partition coefficient (Wildman–Crippen LogP) is 5.37. The molecule has 0 saturated heterocycles. The Morgan fingerprint density at radius 1 is 1.00 bits per heavy atom. The third kappa shape index (κ3) is 3.32. The smallest absolute Gasteiger partial charge is 0.137 e. The molecule has 0 atom stereocenters. The van der Waals surface area contributed by atoms with Crippen molar-refractivity contribution in [2.24, 2.45) is 0 Å². The molecule has 2 aromatic carbocycles. The van der Waals surface area contributed by atoms with Gasteiger partial charge in [-0.15, -0.1) is 0 Å². The molecule has 5 heteroatoms. The maximum atomic E-state index is 9.31. The second-order valence-electron chi connectivity index (χ2n) is 6.19. The molecule has 134 valence electrons. The highest BCUT2D eigenvalue weighted by Gasteiger charge is 2.23. The molecule has 2 aliphatic heterocycles. The van der Waals surface area contributed by atoms with E-state index >= 15 is 0 Å². The van der Waals surface area contributed by atoms with Gasteiger partial charge < -0.3 is 9.64 Å². The van der Waals surface area contributed by atoms with E-state index in [4.69, 9.17) is 4.74 Å². The van der Waals surface area contributed by atoms with Crippen molar-refractivity contribution in [1.29, 1.82) is 10.5 Å². The summed E-state index contributed by atoms with van der Waals surface area (Å²) in [5, 5.41) is 19.6. The van der Waals surface area contributed by atoms with Gasteiger partial charge in [-0.25, -0.2) is 0 Å². The third-order valence-corrected chi connectivity index (χ3v) is 5.59. The van der Waals surface area contributed by atoms with Gasteiger partial charge in [-0.3, -0.25) is 0 Å².